The number of benzene rings is 2. The van der Waals surface area contributed by atoms with Crippen LogP contribution in [0.5, 0.6) is 5.75 Å². The number of ether oxygens (including phenoxy) is 1. The van der Waals surface area contributed by atoms with E-state index in [2.05, 4.69) is 41.1 Å². The monoisotopic (exact) mass is 319 g/mol. The Labute approximate surface area is 122 Å². The summed E-state index contributed by atoms with van der Waals surface area (Å²) >= 11 is 3.62. The molecular formula is C16H18BrNO. The molecule has 0 aliphatic rings. The summed E-state index contributed by atoms with van der Waals surface area (Å²) in [5, 5.41) is 0. The predicted molar refractivity (Wildman–Crippen MR) is 82.6 cm³/mol. The molecule has 1 atom stereocenters. The minimum absolute atomic E-state index is 0.140. The summed E-state index contributed by atoms with van der Waals surface area (Å²) < 4.78 is 6.36. The largest absolute Gasteiger partial charge is 0.496 e. The molecule has 3 heteroatoms. The minimum Gasteiger partial charge on any atom is -0.496 e. The van der Waals surface area contributed by atoms with Gasteiger partial charge in [0.05, 0.1) is 13.2 Å². The molecule has 0 heterocycles. The summed E-state index contributed by atoms with van der Waals surface area (Å²) in [6.45, 7) is 4.10. The second-order valence-corrected chi connectivity index (χ2v) is 5.48. The Morgan fingerprint density at radius 3 is 2.47 bits per heavy atom. The molecule has 2 aromatic rings. The lowest BCUT2D eigenvalue weighted by Gasteiger charge is -2.17. The second-order valence-electron chi connectivity index (χ2n) is 4.68. The van der Waals surface area contributed by atoms with Crippen LogP contribution in [0.4, 0.5) is 0 Å². The highest BCUT2D eigenvalue weighted by Gasteiger charge is 2.14. The van der Waals surface area contributed by atoms with E-state index in [1.54, 1.807) is 7.11 Å². The van der Waals surface area contributed by atoms with E-state index in [-0.39, 0.29) is 6.04 Å². The smallest absolute Gasteiger partial charge is 0.121 e. The highest BCUT2D eigenvalue weighted by atomic mass is 79.9. The molecule has 100 valence electrons. The zero-order chi connectivity index (χ0) is 14.0. The van der Waals surface area contributed by atoms with Gasteiger partial charge < -0.3 is 10.5 Å². The first-order valence-electron chi connectivity index (χ1n) is 6.19. The lowest BCUT2D eigenvalue weighted by Crippen LogP contribution is -2.13. The van der Waals surface area contributed by atoms with Crippen molar-refractivity contribution in [2.75, 3.05) is 7.11 Å². The van der Waals surface area contributed by atoms with E-state index >= 15 is 0 Å². The molecule has 0 radical (unpaired) electrons. The highest BCUT2D eigenvalue weighted by molar-refractivity contribution is 9.10. The lowest BCUT2D eigenvalue weighted by atomic mass is 9.97. The quantitative estimate of drug-likeness (QED) is 0.923. The average Bonchev–Trinajstić information content (AvgIpc) is 2.41. The SMILES string of the molecule is COc1ccc(C(N)c2cccc(C)c2Br)cc1C. The Balaban J connectivity index is 2.41. The van der Waals surface area contributed by atoms with E-state index in [4.69, 9.17) is 10.5 Å². The Morgan fingerprint density at radius 2 is 1.84 bits per heavy atom. The van der Waals surface area contributed by atoms with Crippen molar-refractivity contribution < 1.29 is 4.74 Å². The molecule has 2 nitrogen and oxygen atoms in total. The van der Waals surface area contributed by atoms with Crippen LogP contribution in [0.2, 0.25) is 0 Å². The van der Waals surface area contributed by atoms with E-state index in [0.29, 0.717) is 0 Å². The van der Waals surface area contributed by atoms with Gasteiger partial charge in [-0.1, -0.05) is 46.3 Å². The van der Waals surface area contributed by atoms with Crippen LogP contribution in [-0.2, 0) is 0 Å². The fraction of sp³-hybridized carbons (Fsp3) is 0.250. The molecule has 2 rings (SSSR count). The van der Waals surface area contributed by atoms with Gasteiger partial charge in [-0.2, -0.15) is 0 Å². The third-order valence-electron chi connectivity index (χ3n) is 3.33. The molecule has 0 aliphatic carbocycles. The van der Waals surface area contributed by atoms with Crippen LogP contribution in [0.15, 0.2) is 40.9 Å². The summed E-state index contributed by atoms with van der Waals surface area (Å²) in [5.41, 5.74) is 10.9. The summed E-state index contributed by atoms with van der Waals surface area (Å²) in [6.07, 6.45) is 0. The van der Waals surface area contributed by atoms with Crippen LogP contribution in [-0.4, -0.2) is 7.11 Å². The van der Waals surface area contributed by atoms with Gasteiger partial charge in [0.25, 0.3) is 0 Å². The van der Waals surface area contributed by atoms with Crippen molar-refractivity contribution in [1.82, 2.24) is 0 Å². The summed E-state index contributed by atoms with van der Waals surface area (Å²) in [7, 11) is 1.68. The number of halogens is 1. The summed E-state index contributed by atoms with van der Waals surface area (Å²) in [6, 6.07) is 12.1. The number of rotatable bonds is 3. The van der Waals surface area contributed by atoms with E-state index < -0.39 is 0 Å². The maximum absolute atomic E-state index is 6.38. The van der Waals surface area contributed by atoms with Crippen LogP contribution >= 0.6 is 15.9 Å². The maximum atomic E-state index is 6.38. The molecule has 0 fully saturated rings. The minimum atomic E-state index is -0.140. The Morgan fingerprint density at radius 1 is 1.11 bits per heavy atom. The van der Waals surface area contributed by atoms with Gasteiger partial charge in [-0.25, -0.2) is 0 Å². The van der Waals surface area contributed by atoms with Gasteiger partial charge in [-0.05, 0) is 42.2 Å². The molecule has 19 heavy (non-hydrogen) atoms. The summed E-state index contributed by atoms with van der Waals surface area (Å²) in [5.74, 6) is 0.888. The van der Waals surface area contributed by atoms with Crippen molar-refractivity contribution in [2.24, 2.45) is 5.73 Å². The van der Waals surface area contributed by atoms with Crippen molar-refractivity contribution in [3.05, 3.63) is 63.1 Å². The molecule has 2 N–H and O–H groups in total. The normalized spacial score (nSPS) is 12.3. The molecule has 0 saturated carbocycles. The van der Waals surface area contributed by atoms with Crippen LogP contribution in [0.3, 0.4) is 0 Å². The third-order valence-corrected chi connectivity index (χ3v) is 4.42. The molecule has 1 unspecified atom stereocenters. The standard InChI is InChI=1S/C16H18BrNO/c1-10-5-4-6-13(15(10)17)16(18)12-7-8-14(19-3)11(2)9-12/h4-9,16H,18H2,1-3H3. The molecule has 2 aromatic carbocycles. The van der Waals surface area contributed by atoms with Crippen molar-refractivity contribution in [3.8, 4) is 5.75 Å². The molecule has 0 saturated heterocycles. The van der Waals surface area contributed by atoms with Gasteiger partial charge in [0.2, 0.25) is 0 Å². The topological polar surface area (TPSA) is 35.2 Å². The molecule has 0 aliphatic heterocycles. The van der Waals surface area contributed by atoms with Gasteiger partial charge in [-0.3, -0.25) is 0 Å². The van der Waals surface area contributed by atoms with E-state index in [0.717, 1.165) is 26.9 Å². The summed E-state index contributed by atoms with van der Waals surface area (Å²) in [4.78, 5) is 0. The third kappa shape index (κ3) is 2.82. The molecule has 0 amide bonds. The fourth-order valence-corrected chi connectivity index (χ4v) is 2.70. The van der Waals surface area contributed by atoms with Gasteiger partial charge in [-0.15, -0.1) is 0 Å². The predicted octanol–water partition coefficient (Wildman–Crippen LogP) is 4.12. The maximum Gasteiger partial charge on any atom is 0.121 e. The average molecular weight is 320 g/mol. The van der Waals surface area contributed by atoms with E-state index in [9.17, 15) is 0 Å². The fourth-order valence-electron chi connectivity index (χ4n) is 2.18. The zero-order valence-electron chi connectivity index (χ0n) is 11.4. The van der Waals surface area contributed by atoms with Gasteiger partial charge in [0.1, 0.15) is 5.75 Å². The molecule has 0 spiro atoms. The van der Waals surface area contributed by atoms with Crippen molar-refractivity contribution in [1.29, 1.82) is 0 Å². The van der Waals surface area contributed by atoms with Crippen LogP contribution in [0, 0.1) is 13.8 Å². The van der Waals surface area contributed by atoms with Crippen molar-refractivity contribution in [3.63, 3.8) is 0 Å². The first-order valence-corrected chi connectivity index (χ1v) is 6.99. The first-order chi connectivity index (χ1) is 9.04. The number of hydrogen-bond donors (Lipinski definition) is 1. The molecule has 0 bridgehead atoms. The second kappa shape index (κ2) is 5.76. The Kier molecular flexibility index (Phi) is 4.27. The number of aryl methyl sites for hydroxylation is 2. The number of hydrogen-bond acceptors (Lipinski definition) is 2. The van der Waals surface area contributed by atoms with Crippen molar-refractivity contribution in [2.45, 2.75) is 19.9 Å². The number of methoxy groups -OCH3 is 1. The highest BCUT2D eigenvalue weighted by Crippen LogP contribution is 2.31. The van der Waals surface area contributed by atoms with Crippen molar-refractivity contribution >= 4 is 15.9 Å². The van der Waals surface area contributed by atoms with Crippen LogP contribution in [0.1, 0.15) is 28.3 Å². The lowest BCUT2D eigenvalue weighted by molar-refractivity contribution is 0.411. The molecular weight excluding hydrogens is 302 g/mol. The van der Waals surface area contributed by atoms with Gasteiger partial charge in [0, 0.05) is 4.47 Å². The van der Waals surface area contributed by atoms with Gasteiger partial charge >= 0.3 is 0 Å². The first kappa shape index (κ1) is 14.1. The van der Waals surface area contributed by atoms with E-state index in [1.165, 1.54) is 5.56 Å². The zero-order valence-corrected chi connectivity index (χ0v) is 13.0. The van der Waals surface area contributed by atoms with Crippen LogP contribution in [0.25, 0.3) is 0 Å². The molecule has 0 aromatic heterocycles. The Hall–Kier alpha value is -1.32. The van der Waals surface area contributed by atoms with Gasteiger partial charge in [0.15, 0.2) is 0 Å². The van der Waals surface area contributed by atoms with Crippen LogP contribution < -0.4 is 10.5 Å². The van der Waals surface area contributed by atoms with E-state index in [1.807, 2.05) is 25.1 Å². The number of nitrogens with two attached hydrogens (primary N) is 1. The Bertz CT molecular complexity index is 595.